The largest absolute Gasteiger partial charge is 0.372 e. The molecule has 5 rings (SSSR count). The second-order valence-electron chi connectivity index (χ2n) is 8.60. The van der Waals surface area contributed by atoms with E-state index >= 15 is 0 Å². The highest BCUT2D eigenvalue weighted by atomic mass is 16.6. The molecule has 0 radical (unpaired) electrons. The maximum absolute atomic E-state index is 12.6. The van der Waals surface area contributed by atoms with Crippen LogP contribution in [0.15, 0.2) is 84.1 Å². The van der Waals surface area contributed by atoms with Crippen molar-refractivity contribution in [3.8, 4) is 0 Å². The van der Waals surface area contributed by atoms with Crippen LogP contribution in [0, 0.1) is 10.1 Å². The number of amides is 1. The molecule has 1 amide bonds. The Kier molecular flexibility index (Phi) is 6.26. The number of anilines is 1. The first-order valence-corrected chi connectivity index (χ1v) is 11.6. The lowest BCUT2D eigenvalue weighted by molar-refractivity contribution is -0.384. The van der Waals surface area contributed by atoms with Gasteiger partial charge in [0.15, 0.2) is 0 Å². The van der Waals surface area contributed by atoms with Gasteiger partial charge in [-0.2, -0.15) is 5.10 Å². The lowest BCUT2D eigenvalue weighted by Gasteiger charge is -2.17. The fraction of sp³-hybridized carbons (Fsp3) is 0.185. The molecular formula is C27H25N5O3. The van der Waals surface area contributed by atoms with Crippen LogP contribution in [-0.2, 0) is 6.54 Å². The molecule has 1 aromatic heterocycles. The van der Waals surface area contributed by atoms with Crippen molar-refractivity contribution in [3.05, 3.63) is 106 Å². The summed E-state index contributed by atoms with van der Waals surface area (Å²) in [6.07, 6.45) is 5.98. The van der Waals surface area contributed by atoms with Crippen molar-refractivity contribution >= 4 is 34.4 Å². The Hall–Kier alpha value is -4.46. The molecule has 8 heteroatoms. The Morgan fingerprint density at radius 3 is 2.57 bits per heavy atom. The zero-order valence-electron chi connectivity index (χ0n) is 19.1. The van der Waals surface area contributed by atoms with Crippen LogP contribution in [-0.4, -0.2) is 34.7 Å². The number of hydrogen-bond acceptors (Lipinski definition) is 5. The Balaban J connectivity index is 1.31. The molecule has 4 aromatic rings. The van der Waals surface area contributed by atoms with E-state index in [9.17, 15) is 14.9 Å². The van der Waals surface area contributed by atoms with Crippen LogP contribution in [0.4, 0.5) is 11.4 Å². The molecule has 0 bridgehead atoms. The number of non-ortho nitro benzene ring substituents is 1. The van der Waals surface area contributed by atoms with E-state index in [1.54, 1.807) is 18.3 Å². The number of hydrazone groups is 1. The molecule has 1 N–H and O–H groups in total. The number of fused-ring (bicyclic) bond motifs is 1. The molecule has 2 heterocycles. The quantitative estimate of drug-likeness (QED) is 0.236. The molecule has 1 fully saturated rings. The fourth-order valence-corrected chi connectivity index (χ4v) is 4.50. The van der Waals surface area contributed by atoms with Crippen molar-refractivity contribution in [1.29, 1.82) is 0 Å². The van der Waals surface area contributed by atoms with E-state index in [0.717, 1.165) is 40.8 Å². The number of aromatic nitrogens is 1. The summed E-state index contributed by atoms with van der Waals surface area (Å²) in [7, 11) is 0. The van der Waals surface area contributed by atoms with Crippen LogP contribution in [0.25, 0.3) is 10.9 Å². The zero-order chi connectivity index (χ0) is 24.2. The molecule has 1 saturated heterocycles. The predicted molar refractivity (Wildman–Crippen MR) is 137 cm³/mol. The van der Waals surface area contributed by atoms with Gasteiger partial charge in [-0.3, -0.25) is 14.9 Å². The highest BCUT2D eigenvalue weighted by Crippen LogP contribution is 2.23. The summed E-state index contributed by atoms with van der Waals surface area (Å²) in [6.45, 7) is 2.60. The van der Waals surface area contributed by atoms with Crippen LogP contribution >= 0.6 is 0 Å². The predicted octanol–water partition coefficient (Wildman–Crippen LogP) is 4.96. The van der Waals surface area contributed by atoms with E-state index in [2.05, 4.69) is 15.4 Å². The summed E-state index contributed by atoms with van der Waals surface area (Å²) in [5.41, 5.74) is 7.02. The van der Waals surface area contributed by atoms with Gasteiger partial charge in [0.2, 0.25) is 0 Å². The Morgan fingerprint density at radius 1 is 1.03 bits per heavy atom. The van der Waals surface area contributed by atoms with Crippen molar-refractivity contribution in [2.24, 2.45) is 5.10 Å². The number of hydrogen-bond donors (Lipinski definition) is 1. The molecule has 176 valence electrons. The van der Waals surface area contributed by atoms with Crippen molar-refractivity contribution in [1.82, 2.24) is 9.99 Å². The molecule has 0 saturated carbocycles. The van der Waals surface area contributed by atoms with E-state index in [1.807, 2.05) is 65.4 Å². The third-order valence-electron chi connectivity index (χ3n) is 6.26. The number of nitro groups is 1. The molecule has 35 heavy (non-hydrogen) atoms. The third kappa shape index (κ3) is 4.91. The number of carbonyl (C=O) groups excluding carboxylic acids is 1. The maximum Gasteiger partial charge on any atom is 0.271 e. The van der Waals surface area contributed by atoms with Crippen molar-refractivity contribution in [2.75, 3.05) is 18.0 Å². The van der Waals surface area contributed by atoms with Gasteiger partial charge < -0.3 is 9.47 Å². The number of para-hydroxylation sites is 1. The first-order chi connectivity index (χ1) is 17.1. The van der Waals surface area contributed by atoms with Crippen LogP contribution < -0.4 is 10.3 Å². The van der Waals surface area contributed by atoms with Gasteiger partial charge in [0.05, 0.1) is 11.1 Å². The van der Waals surface area contributed by atoms with E-state index < -0.39 is 4.92 Å². The van der Waals surface area contributed by atoms with E-state index in [4.69, 9.17) is 0 Å². The number of nitro benzene ring substituents is 1. The minimum absolute atomic E-state index is 0.0666. The normalized spacial score (nSPS) is 13.5. The lowest BCUT2D eigenvalue weighted by Crippen LogP contribution is -2.19. The van der Waals surface area contributed by atoms with E-state index in [-0.39, 0.29) is 11.6 Å². The summed E-state index contributed by atoms with van der Waals surface area (Å²) in [6, 6.07) is 22.1. The first-order valence-electron chi connectivity index (χ1n) is 11.6. The number of nitrogens with one attached hydrogen (secondary N) is 1. The zero-order valence-corrected chi connectivity index (χ0v) is 19.1. The van der Waals surface area contributed by atoms with Gasteiger partial charge in [-0.1, -0.05) is 30.3 Å². The van der Waals surface area contributed by atoms with Crippen LogP contribution in [0.5, 0.6) is 0 Å². The van der Waals surface area contributed by atoms with Crippen LogP contribution in [0.3, 0.4) is 0 Å². The van der Waals surface area contributed by atoms with Gasteiger partial charge in [0.25, 0.3) is 11.6 Å². The summed E-state index contributed by atoms with van der Waals surface area (Å²) < 4.78 is 2.02. The topological polar surface area (TPSA) is 92.8 Å². The number of carbonyl (C=O) groups is 1. The SMILES string of the molecule is O=C(N/N=C\c1cn(Cc2cccc([N+](=O)[O-])c2)c2ccccc12)c1ccc(N2CCCC2)cc1. The van der Waals surface area contributed by atoms with Gasteiger partial charge in [-0.05, 0) is 48.7 Å². The molecule has 0 atom stereocenters. The van der Waals surface area contributed by atoms with Crippen LogP contribution in [0.2, 0.25) is 0 Å². The van der Waals surface area contributed by atoms with E-state index in [1.165, 1.54) is 18.9 Å². The smallest absolute Gasteiger partial charge is 0.271 e. The van der Waals surface area contributed by atoms with Gasteiger partial charge in [-0.15, -0.1) is 0 Å². The van der Waals surface area contributed by atoms with Crippen molar-refractivity contribution in [3.63, 3.8) is 0 Å². The van der Waals surface area contributed by atoms with Gasteiger partial charge in [-0.25, -0.2) is 5.43 Å². The average Bonchev–Trinajstić information content (AvgIpc) is 3.54. The van der Waals surface area contributed by atoms with Gasteiger partial charge in [0.1, 0.15) is 0 Å². The summed E-state index contributed by atoms with van der Waals surface area (Å²) in [4.78, 5) is 25.6. The van der Waals surface area contributed by atoms with Crippen molar-refractivity contribution < 1.29 is 9.72 Å². The number of nitrogens with zero attached hydrogens (tertiary/aromatic N) is 4. The van der Waals surface area contributed by atoms with E-state index in [0.29, 0.717) is 12.1 Å². The minimum atomic E-state index is -0.391. The maximum atomic E-state index is 12.6. The minimum Gasteiger partial charge on any atom is -0.372 e. The summed E-state index contributed by atoms with van der Waals surface area (Å²) in [5.74, 6) is -0.269. The molecule has 0 spiro atoms. The molecule has 3 aromatic carbocycles. The second kappa shape index (κ2) is 9.80. The third-order valence-corrected chi connectivity index (χ3v) is 6.26. The number of benzene rings is 3. The van der Waals surface area contributed by atoms with Crippen LogP contribution in [0.1, 0.15) is 34.3 Å². The highest BCUT2D eigenvalue weighted by molar-refractivity contribution is 6.00. The summed E-state index contributed by atoms with van der Waals surface area (Å²) >= 11 is 0. The molecule has 8 nitrogen and oxygen atoms in total. The molecule has 0 aliphatic carbocycles. The van der Waals surface area contributed by atoms with Crippen molar-refractivity contribution in [2.45, 2.75) is 19.4 Å². The average molecular weight is 468 g/mol. The molecule has 1 aliphatic heterocycles. The Bertz CT molecular complexity index is 1400. The summed E-state index contributed by atoms with van der Waals surface area (Å²) in [5, 5.41) is 16.3. The standard InChI is InChI=1S/C27H25N5O3/c33-27(21-10-12-23(13-11-21)30-14-3-4-15-30)29-28-17-22-19-31(26-9-2-1-8-25(22)26)18-20-6-5-7-24(16-20)32(34)35/h1-2,5-13,16-17,19H,3-4,14-15,18H2,(H,29,33)/b28-17-. The molecular weight excluding hydrogens is 442 g/mol. The van der Waals surface area contributed by atoms with Gasteiger partial charge in [0, 0.05) is 65.7 Å². The highest BCUT2D eigenvalue weighted by Gasteiger charge is 2.13. The molecule has 1 aliphatic rings. The number of rotatable bonds is 7. The second-order valence-corrected chi connectivity index (χ2v) is 8.60. The Morgan fingerprint density at radius 2 is 1.80 bits per heavy atom. The monoisotopic (exact) mass is 467 g/mol. The Labute approximate surface area is 202 Å². The fourth-order valence-electron chi connectivity index (χ4n) is 4.50. The lowest BCUT2D eigenvalue weighted by atomic mass is 10.2. The van der Waals surface area contributed by atoms with Gasteiger partial charge >= 0.3 is 0 Å². The first kappa shape index (κ1) is 22.3. The molecule has 0 unspecified atom stereocenters.